The average Bonchev–Trinajstić information content (AvgIpc) is 3.10. The topological polar surface area (TPSA) is 28.3 Å². The van der Waals surface area contributed by atoms with Gasteiger partial charge >= 0.3 is 0 Å². The van der Waals surface area contributed by atoms with Crippen LogP contribution in [0.5, 0.6) is 5.75 Å². The third-order valence-electron chi connectivity index (χ3n) is 5.84. The molecule has 1 saturated heterocycles. The van der Waals surface area contributed by atoms with Crippen LogP contribution in [-0.2, 0) is 13.2 Å². The number of nitrogens with one attached hydrogen (secondary N) is 1. The van der Waals surface area contributed by atoms with Gasteiger partial charge in [-0.15, -0.1) is 0 Å². The summed E-state index contributed by atoms with van der Waals surface area (Å²) in [7, 11) is 0. The van der Waals surface area contributed by atoms with Crippen LogP contribution < -0.4 is 4.74 Å². The molecule has 0 spiro atoms. The number of piperidine rings is 1. The lowest BCUT2D eigenvalue weighted by Crippen LogP contribution is -2.29. The lowest BCUT2D eigenvalue weighted by molar-refractivity contribution is 0.219. The number of para-hydroxylation sites is 1. The van der Waals surface area contributed by atoms with Crippen LogP contribution in [-0.4, -0.2) is 23.0 Å². The van der Waals surface area contributed by atoms with E-state index in [1.165, 1.54) is 65.3 Å². The molecular formula is C25H26N2O. The molecule has 0 saturated carbocycles. The molecule has 3 heteroatoms. The van der Waals surface area contributed by atoms with E-state index >= 15 is 0 Å². The van der Waals surface area contributed by atoms with Crippen LogP contribution in [0.1, 0.15) is 30.5 Å². The highest BCUT2D eigenvalue weighted by Crippen LogP contribution is 2.27. The lowest BCUT2D eigenvalue weighted by atomic mass is 10.1. The van der Waals surface area contributed by atoms with Gasteiger partial charge in [-0.25, -0.2) is 0 Å². The van der Waals surface area contributed by atoms with Crippen molar-refractivity contribution in [3.05, 3.63) is 78.0 Å². The fraction of sp³-hybridized carbons (Fsp3) is 0.280. The number of aromatic nitrogens is 1. The number of benzene rings is 3. The summed E-state index contributed by atoms with van der Waals surface area (Å²) in [5.74, 6) is 0.918. The summed E-state index contributed by atoms with van der Waals surface area (Å²) in [6.07, 6.45) is 3.98. The summed E-state index contributed by atoms with van der Waals surface area (Å²) >= 11 is 0. The van der Waals surface area contributed by atoms with E-state index in [9.17, 15) is 0 Å². The Morgan fingerprint density at radius 3 is 2.50 bits per heavy atom. The monoisotopic (exact) mass is 370 g/mol. The maximum absolute atomic E-state index is 6.21. The minimum absolute atomic E-state index is 0.566. The van der Waals surface area contributed by atoms with Crippen molar-refractivity contribution in [2.75, 3.05) is 13.1 Å². The fourth-order valence-corrected chi connectivity index (χ4v) is 4.31. The molecule has 1 aromatic heterocycles. The fourth-order valence-electron chi connectivity index (χ4n) is 4.31. The van der Waals surface area contributed by atoms with E-state index in [0.717, 1.165) is 12.3 Å². The summed E-state index contributed by atoms with van der Waals surface area (Å²) in [5.41, 5.74) is 3.78. The predicted molar refractivity (Wildman–Crippen MR) is 116 cm³/mol. The van der Waals surface area contributed by atoms with Crippen LogP contribution >= 0.6 is 0 Å². The highest BCUT2D eigenvalue weighted by Gasteiger charge is 2.17. The SMILES string of the molecule is c1ccc2cc(OCc3[nH]c4ccccc4c3CN3CCCCC3)ccc2c1. The Labute approximate surface area is 165 Å². The van der Waals surface area contributed by atoms with E-state index < -0.39 is 0 Å². The number of rotatable bonds is 5. The normalized spacial score (nSPS) is 15.3. The molecule has 1 N–H and O–H groups in total. The molecule has 142 valence electrons. The van der Waals surface area contributed by atoms with Crippen molar-refractivity contribution < 1.29 is 4.74 Å². The predicted octanol–water partition coefficient (Wildman–Crippen LogP) is 5.89. The van der Waals surface area contributed by atoms with Gasteiger partial charge in [0.15, 0.2) is 0 Å². The Hall–Kier alpha value is -2.78. The first kappa shape index (κ1) is 17.3. The minimum Gasteiger partial charge on any atom is -0.487 e. The first-order chi connectivity index (χ1) is 13.9. The van der Waals surface area contributed by atoms with E-state index in [-0.39, 0.29) is 0 Å². The molecule has 1 fully saturated rings. The van der Waals surface area contributed by atoms with Gasteiger partial charge in [0.1, 0.15) is 12.4 Å². The van der Waals surface area contributed by atoms with Gasteiger partial charge in [-0.3, -0.25) is 4.90 Å². The number of ether oxygens (including phenoxy) is 1. The molecule has 1 aliphatic heterocycles. The number of likely N-dealkylation sites (tertiary alicyclic amines) is 1. The van der Waals surface area contributed by atoms with E-state index in [1.807, 2.05) is 0 Å². The van der Waals surface area contributed by atoms with E-state index in [2.05, 4.69) is 76.6 Å². The second-order valence-corrected chi connectivity index (χ2v) is 7.76. The van der Waals surface area contributed by atoms with Crippen molar-refractivity contribution in [2.45, 2.75) is 32.4 Å². The molecule has 1 aliphatic rings. The van der Waals surface area contributed by atoms with Gasteiger partial charge in [0.2, 0.25) is 0 Å². The van der Waals surface area contributed by atoms with E-state index in [1.54, 1.807) is 0 Å². The summed E-state index contributed by atoms with van der Waals surface area (Å²) in [4.78, 5) is 6.19. The van der Waals surface area contributed by atoms with Gasteiger partial charge in [-0.2, -0.15) is 0 Å². The Bertz CT molecular complexity index is 1090. The van der Waals surface area contributed by atoms with Crippen LogP contribution in [0.2, 0.25) is 0 Å². The van der Waals surface area contributed by atoms with Crippen LogP contribution in [0.4, 0.5) is 0 Å². The zero-order chi connectivity index (χ0) is 18.8. The average molecular weight is 370 g/mol. The van der Waals surface area contributed by atoms with Crippen LogP contribution in [0.15, 0.2) is 66.7 Å². The Morgan fingerprint density at radius 2 is 1.61 bits per heavy atom. The summed E-state index contributed by atoms with van der Waals surface area (Å²) in [5, 5.41) is 3.78. The zero-order valence-corrected chi connectivity index (χ0v) is 16.2. The third kappa shape index (κ3) is 3.50. The Balaban J connectivity index is 1.41. The number of hydrogen-bond acceptors (Lipinski definition) is 2. The third-order valence-corrected chi connectivity index (χ3v) is 5.84. The van der Waals surface area contributed by atoms with Crippen molar-refractivity contribution in [3.63, 3.8) is 0 Å². The second kappa shape index (κ2) is 7.69. The van der Waals surface area contributed by atoms with Gasteiger partial charge < -0.3 is 9.72 Å². The summed E-state index contributed by atoms with van der Waals surface area (Å²) in [6.45, 7) is 3.96. The first-order valence-corrected chi connectivity index (χ1v) is 10.3. The van der Waals surface area contributed by atoms with Crippen molar-refractivity contribution in [1.29, 1.82) is 0 Å². The molecule has 0 amide bonds. The van der Waals surface area contributed by atoms with Crippen LogP contribution in [0.25, 0.3) is 21.7 Å². The lowest BCUT2D eigenvalue weighted by Gasteiger charge is -2.26. The molecule has 3 aromatic carbocycles. The minimum atomic E-state index is 0.566. The Kier molecular flexibility index (Phi) is 4.76. The molecule has 0 bridgehead atoms. The van der Waals surface area contributed by atoms with Gasteiger partial charge in [0.25, 0.3) is 0 Å². The number of fused-ring (bicyclic) bond motifs is 2. The quantitative estimate of drug-likeness (QED) is 0.475. The van der Waals surface area contributed by atoms with Crippen LogP contribution in [0.3, 0.4) is 0 Å². The van der Waals surface area contributed by atoms with E-state index in [4.69, 9.17) is 4.74 Å². The van der Waals surface area contributed by atoms with Gasteiger partial charge in [0.05, 0.1) is 5.69 Å². The molecule has 4 aromatic rings. The largest absolute Gasteiger partial charge is 0.487 e. The van der Waals surface area contributed by atoms with Crippen molar-refractivity contribution in [3.8, 4) is 5.75 Å². The maximum atomic E-state index is 6.21. The molecule has 0 unspecified atom stereocenters. The van der Waals surface area contributed by atoms with Crippen molar-refractivity contribution in [2.24, 2.45) is 0 Å². The maximum Gasteiger partial charge on any atom is 0.128 e. The van der Waals surface area contributed by atoms with E-state index in [0.29, 0.717) is 6.61 Å². The molecule has 5 rings (SSSR count). The highest BCUT2D eigenvalue weighted by molar-refractivity contribution is 5.85. The molecule has 0 radical (unpaired) electrons. The number of aromatic amines is 1. The molecule has 28 heavy (non-hydrogen) atoms. The molecule has 2 heterocycles. The second-order valence-electron chi connectivity index (χ2n) is 7.76. The summed E-state index contributed by atoms with van der Waals surface area (Å²) < 4.78 is 6.21. The highest BCUT2D eigenvalue weighted by atomic mass is 16.5. The number of hydrogen-bond donors (Lipinski definition) is 1. The smallest absolute Gasteiger partial charge is 0.128 e. The number of H-pyrrole nitrogens is 1. The first-order valence-electron chi connectivity index (χ1n) is 10.3. The van der Waals surface area contributed by atoms with Gasteiger partial charge in [-0.05, 0) is 60.5 Å². The molecule has 0 atom stereocenters. The zero-order valence-electron chi connectivity index (χ0n) is 16.2. The van der Waals surface area contributed by atoms with Crippen molar-refractivity contribution >= 4 is 21.7 Å². The van der Waals surface area contributed by atoms with Gasteiger partial charge in [-0.1, -0.05) is 55.0 Å². The Morgan fingerprint density at radius 1 is 0.821 bits per heavy atom. The molecule has 3 nitrogen and oxygen atoms in total. The molecular weight excluding hydrogens is 344 g/mol. The van der Waals surface area contributed by atoms with Crippen molar-refractivity contribution in [1.82, 2.24) is 9.88 Å². The van der Waals surface area contributed by atoms with Crippen LogP contribution in [0, 0.1) is 0 Å². The number of nitrogens with zero attached hydrogens (tertiary/aromatic N) is 1. The summed E-state index contributed by atoms with van der Waals surface area (Å²) in [6, 6.07) is 23.3. The van der Waals surface area contributed by atoms with Gasteiger partial charge in [0, 0.05) is 17.4 Å². The molecule has 0 aliphatic carbocycles. The standard InChI is InChI=1S/C25H26N2O/c1-6-14-27(15-7-1)17-23-22-10-4-5-11-24(22)26-25(23)18-28-21-13-12-19-8-2-3-9-20(19)16-21/h2-5,8-13,16,26H,1,6-7,14-15,17-18H2.